The highest BCUT2D eigenvalue weighted by atomic mass is 32.2. The number of fused-ring (bicyclic) bond motifs is 1. The van der Waals surface area contributed by atoms with Crippen molar-refractivity contribution < 1.29 is 4.79 Å². The SMILES string of the molecule is CCCSc1ccc2nc(NC(=O)N=O)[nH]c2c1. The van der Waals surface area contributed by atoms with Crippen LogP contribution in [-0.4, -0.2) is 21.8 Å². The summed E-state index contributed by atoms with van der Waals surface area (Å²) in [6, 6.07) is 4.85. The van der Waals surface area contributed by atoms with Gasteiger partial charge in [0.25, 0.3) is 0 Å². The molecule has 1 aromatic heterocycles. The number of hydrogen-bond donors (Lipinski definition) is 2. The molecule has 0 bridgehead atoms. The summed E-state index contributed by atoms with van der Waals surface area (Å²) in [7, 11) is 0. The molecule has 0 fully saturated rings. The number of carbonyl (C=O) groups is 1. The van der Waals surface area contributed by atoms with Gasteiger partial charge < -0.3 is 4.98 Å². The predicted octanol–water partition coefficient (Wildman–Crippen LogP) is 3.36. The first-order valence-corrected chi connectivity index (χ1v) is 6.48. The molecule has 0 aliphatic rings. The number of aromatic amines is 1. The number of benzene rings is 1. The van der Waals surface area contributed by atoms with Crippen LogP contribution in [0.1, 0.15) is 13.3 Å². The lowest BCUT2D eigenvalue weighted by Crippen LogP contribution is -2.06. The lowest BCUT2D eigenvalue weighted by atomic mass is 10.3. The van der Waals surface area contributed by atoms with Crippen LogP contribution in [0, 0.1) is 4.91 Å². The molecule has 0 unspecified atom stereocenters. The van der Waals surface area contributed by atoms with Crippen LogP contribution in [0.3, 0.4) is 0 Å². The third kappa shape index (κ3) is 2.86. The van der Waals surface area contributed by atoms with Gasteiger partial charge in [-0.2, -0.15) is 0 Å². The number of H-pyrrole nitrogens is 1. The van der Waals surface area contributed by atoms with Gasteiger partial charge in [-0.05, 0) is 30.4 Å². The molecule has 7 heteroatoms. The van der Waals surface area contributed by atoms with E-state index in [-0.39, 0.29) is 5.95 Å². The van der Waals surface area contributed by atoms with Crippen LogP contribution in [0.2, 0.25) is 0 Å². The molecule has 1 aromatic carbocycles. The number of nitrogens with one attached hydrogen (secondary N) is 2. The van der Waals surface area contributed by atoms with E-state index in [1.807, 2.05) is 18.2 Å². The van der Waals surface area contributed by atoms with E-state index < -0.39 is 6.03 Å². The quantitative estimate of drug-likeness (QED) is 0.654. The molecule has 0 aliphatic carbocycles. The fourth-order valence-electron chi connectivity index (χ4n) is 1.48. The van der Waals surface area contributed by atoms with Gasteiger partial charge in [-0.15, -0.1) is 16.7 Å². The Kier molecular flexibility index (Phi) is 3.93. The molecule has 94 valence electrons. The van der Waals surface area contributed by atoms with Crippen LogP contribution >= 0.6 is 11.8 Å². The monoisotopic (exact) mass is 264 g/mol. The Labute approximate surface area is 108 Å². The van der Waals surface area contributed by atoms with Crippen LogP contribution in [0.5, 0.6) is 0 Å². The Bertz CT molecular complexity index is 581. The highest BCUT2D eigenvalue weighted by Gasteiger charge is 2.07. The first kappa shape index (κ1) is 12.6. The number of carbonyl (C=O) groups excluding carboxylic acids is 1. The van der Waals surface area contributed by atoms with Crippen molar-refractivity contribution in [2.24, 2.45) is 5.18 Å². The molecule has 0 saturated heterocycles. The lowest BCUT2D eigenvalue weighted by molar-refractivity contribution is 0.259. The summed E-state index contributed by atoms with van der Waals surface area (Å²) in [5.74, 6) is 1.28. The van der Waals surface area contributed by atoms with Crippen molar-refractivity contribution in [3.63, 3.8) is 0 Å². The van der Waals surface area contributed by atoms with E-state index >= 15 is 0 Å². The minimum atomic E-state index is -0.963. The Balaban J connectivity index is 2.22. The summed E-state index contributed by atoms with van der Waals surface area (Å²) in [4.78, 5) is 29.0. The Hall–Kier alpha value is -1.89. The van der Waals surface area contributed by atoms with Crippen molar-refractivity contribution in [3.05, 3.63) is 23.1 Å². The summed E-state index contributed by atoms with van der Waals surface area (Å²) in [5, 5.41) is 4.50. The molecule has 0 radical (unpaired) electrons. The molecule has 2 amide bonds. The summed E-state index contributed by atoms with van der Waals surface area (Å²) in [5.41, 5.74) is 1.55. The van der Waals surface area contributed by atoms with Crippen molar-refractivity contribution >= 4 is 34.8 Å². The van der Waals surface area contributed by atoms with Gasteiger partial charge in [0, 0.05) is 10.1 Å². The molecule has 0 aliphatic heterocycles. The summed E-state index contributed by atoms with van der Waals surface area (Å²) < 4.78 is 0. The maximum Gasteiger partial charge on any atom is 0.385 e. The third-order valence-electron chi connectivity index (χ3n) is 2.23. The molecule has 6 nitrogen and oxygen atoms in total. The molecular formula is C11H12N4O2S. The van der Waals surface area contributed by atoms with Crippen LogP contribution in [-0.2, 0) is 0 Å². The van der Waals surface area contributed by atoms with Crippen molar-refractivity contribution in [2.45, 2.75) is 18.2 Å². The van der Waals surface area contributed by atoms with Gasteiger partial charge in [-0.25, -0.2) is 9.78 Å². The summed E-state index contributed by atoms with van der Waals surface area (Å²) in [6.45, 7) is 2.13. The summed E-state index contributed by atoms with van der Waals surface area (Å²) >= 11 is 1.76. The Morgan fingerprint density at radius 1 is 1.56 bits per heavy atom. The number of anilines is 1. The highest BCUT2D eigenvalue weighted by Crippen LogP contribution is 2.23. The van der Waals surface area contributed by atoms with E-state index in [0.717, 1.165) is 28.1 Å². The van der Waals surface area contributed by atoms with Gasteiger partial charge in [0.05, 0.1) is 11.0 Å². The van der Waals surface area contributed by atoms with Crippen LogP contribution in [0.25, 0.3) is 11.0 Å². The number of amides is 2. The number of urea groups is 1. The second kappa shape index (κ2) is 5.63. The van der Waals surface area contributed by atoms with E-state index in [2.05, 4.69) is 27.4 Å². The highest BCUT2D eigenvalue weighted by molar-refractivity contribution is 7.99. The molecule has 2 aromatic rings. The second-order valence-corrected chi connectivity index (χ2v) is 4.80. The Morgan fingerprint density at radius 2 is 2.39 bits per heavy atom. The molecule has 1 heterocycles. The van der Waals surface area contributed by atoms with Crippen molar-refractivity contribution in [1.82, 2.24) is 9.97 Å². The van der Waals surface area contributed by atoms with E-state index in [4.69, 9.17) is 0 Å². The van der Waals surface area contributed by atoms with Gasteiger partial charge in [0.15, 0.2) is 0 Å². The van der Waals surface area contributed by atoms with Gasteiger partial charge in [-0.1, -0.05) is 6.92 Å². The zero-order chi connectivity index (χ0) is 13.0. The first-order chi connectivity index (χ1) is 8.72. The number of hydrogen-bond acceptors (Lipinski definition) is 4. The minimum absolute atomic E-state index is 0.229. The van der Waals surface area contributed by atoms with E-state index in [9.17, 15) is 9.70 Å². The maximum atomic E-state index is 10.8. The molecule has 18 heavy (non-hydrogen) atoms. The van der Waals surface area contributed by atoms with Crippen LogP contribution < -0.4 is 5.32 Å². The van der Waals surface area contributed by atoms with Gasteiger partial charge in [0.2, 0.25) is 5.95 Å². The molecule has 0 spiro atoms. The van der Waals surface area contributed by atoms with Crippen molar-refractivity contribution in [1.29, 1.82) is 0 Å². The number of nitroso groups, excluding NO2 is 1. The largest absolute Gasteiger partial charge is 0.385 e. The van der Waals surface area contributed by atoms with Crippen LogP contribution in [0.15, 0.2) is 28.3 Å². The fraction of sp³-hybridized carbons (Fsp3) is 0.273. The van der Waals surface area contributed by atoms with Gasteiger partial charge in [-0.3, -0.25) is 5.32 Å². The number of aromatic nitrogens is 2. The first-order valence-electron chi connectivity index (χ1n) is 5.50. The number of imidazole rings is 1. The lowest BCUT2D eigenvalue weighted by Gasteiger charge is -1.98. The standard InChI is InChI=1S/C11H12N4O2S/c1-2-5-18-7-3-4-8-9(6-7)13-10(12-8)14-11(16)15-17/h3-4,6H,2,5H2,1H3,(H2,12,13,14,16). The molecule has 2 N–H and O–H groups in total. The van der Waals surface area contributed by atoms with E-state index in [1.165, 1.54) is 0 Å². The topological polar surface area (TPSA) is 87.2 Å². The minimum Gasteiger partial charge on any atom is -0.324 e. The molecule has 0 saturated carbocycles. The fourth-order valence-corrected chi connectivity index (χ4v) is 2.29. The normalized spacial score (nSPS) is 10.5. The zero-order valence-electron chi connectivity index (χ0n) is 9.77. The van der Waals surface area contributed by atoms with Gasteiger partial charge in [0.1, 0.15) is 0 Å². The Morgan fingerprint density at radius 3 is 3.11 bits per heavy atom. The molecular weight excluding hydrogens is 252 g/mol. The number of nitrogens with zero attached hydrogens (tertiary/aromatic N) is 2. The van der Waals surface area contributed by atoms with Crippen molar-refractivity contribution in [3.8, 4) is 0 Å². The molecule has 2 rings (SSSR count). The summed E-state index contributed by atoms with van der Waals surface area (Å²) in [6.07, 6.45) is 1.11. The number of rotatable bonds is 4. The molecule has 0 atom stereocenters. The smallest absolute Gasteiger partial charge is 0.324 e. The van der Waals surface area contributed by atoms with Crippen LogP contribution in [0.4, 0.5) is 10.7 Å². The predicted molar refractivity (Wildman–Crippen MR) is 71.9 cm³/mol. The maximum absolute atomic E-state index is 10.8. The average molecular weight is 264 g/mol. The third-order valence-corrected chi connectivity index (χ3v) is 3.43. The zero-order valence-corrected chi connectivity index (χ0v) is 10.6. The average Bonchev–Trinajstić information content (AvgIpc) is 2.77. The van der Waals surface area contributed by atoms with E-state index in [1.54, 1.807) is 11.8 Å². The number of thioether (sulfide) groups is 1. The van der Waals surface area contributed by atoms with Crippen molar-refractivity contribution in [2.75, 3.05) is 11.1 Å². The van der Waals surface area contributed by atoms with Gasteiger partial charge >= 0.3 is 6.03 Å². The second-order valence-electron chi connectivity index (χ2n) is 3.63. The van der Waals surface area contributed by atoms with E-state index in [0.29, 0.717) is 0 Å².